The van der Waals surface area contributed by atoms with E-state index in [2.05, 4.69) is 6.92 Å². The van der Waals surface area contributed by atoms with E-state index in [0.29, 0.717) is 19.4 Å². The maximum absolute atomic E-state index is 12.3. The number of hydrogen-bond acceptors (Lipinski definition) is 3. The summed E-state index contributed by atoms with van der Waals surface area (Å²) >= 11 is 0. The van der Waals surface area contributed by atoms with Crippen LogP contribution in [0.3, 0.4) is 0 Å². The summed E-state index contributed by atoms with van der Waals surface area (Å²) in [6.45, 7) is 6.95. The van der Waals surface area contributed by atoms with Gasteiger partial charge < -0.3 is 9.05 Å². The average molecular weight is 349 g/mol. The van der Waals surface area contributed by atoms with Gasteiger partial charge in [-0.2, -0.15) is 0 Å². The molecule has 0 saturated carbocycles. The van der Waals surface area contributed by atoms with Crippen molar-refractivity contribution >= 4 is 7.60 Å². The molecule has 0 unspecified atom stereocenters. The van der Waals surface area contributed by atoms with Gasteiger partial charge in [0.1, 0.15) is 0 Å². The van der Waals surface area contributed by atoms with Crippen molar-refractivity contribution in [2.75, 3.05) is 19.4 Å². The minimum Gasteiger partial charge on any atom is -0.309 e. The molecule has 0 bridgehead atoms. The van der Waals surface area contributed by atoms with Crippen LogP contribution in [0.4, 0.5) is 0 Å². The fourth-order valence-corrected chi connectivity index (χ4v) is 4.61. The maximum atomic E-state index is 12.3. The molecule has 0 aliphatic heterocycles. The maximum Gasteiger partial charge on any atom is 0.330 e. The van der Waals surface area contributed by atoms with Crippen molar-refractivity contribution in [3.05, 3.63) is 0 Å². The van der Waals surface area contributed by atoms with Crippen molar-refractivity contribution in [3.63, 3.8) is 0 Å². The van der Waals surface area contributed by atoms with E-state index >= 15 is 0 Å². The highest BCUT2D eigenvalue weighted by molar-refractivity contribution is 7.53. The van der Waals surface area contributed by atoms with E-state index in [1.54, 1.807) is 0 Å². The third-order valence-corrected chi connectivity index (χ3v) is 6.35. The Bertz CT molecular complexity index is 272. The third-order valence-electron chi connectivity index (χ3n) is 4.19. The van der Waals surface area contributed by atoms with Gasteiger partial charge >= 0.3 is 7.60 Å². The first-order chi connectivity index (χ1) is 11.2. The fourth-order valence-electron chi connectivity index (χ4n) is 2.88. The van der Waals surface area contributed by atoms with Gasteiger partial charge in [0.05, 0.1) is 19.4 Å². The highest BCUT2D eigenvalue weighted by atomic mass is 31.2. The van der Waals surface area contributed by atoms with Gasteiger partial charge in [-0.25, -0.2) is 0 Å². The van der Waals surface area contributed by atoms with E-state index in [-0.39, 0.29) is 0 Å². The summed E-state index contributed by atoms with van der Waals surface area (Å²) < 4.78 is 22.9. The van der Waals surface area contributed by atoms with Gasteiger partial charge in [0, 0.05) is 0 Å². The quantitative estimate of drug-likeness (QED) is 0.192. The molecule has 0 amide bonds. The Kier molecular flexibility index (Phi) is 17.1. The second kappa shape index (κ2) is 17.0. The molecule has 0 aliphatic rings. The molecular formula is C19H41O3P. The average Bonchev–Trinajstić information content (AvgIpc) is 2.52. The Labute approximate surface area is 145 Å². The van der Waals surface area contributed by atoms with Crippen molar-refractivity contribution in [2.45, 2.75) is 104 Å². The Morgan fingerprint density at radius 2 is 0.913 bits per heavy atom. The van der Waals surface area contributed by atoms with Crippen molar-refractivity contribution in [1.29, 1.82) is 0 Å². The molecule has 0 aromatic heterocycles. The van der Waals surface area contributed by atoms with Crippen LogP contribution in [0.5, 0.6) is 0 Å². The van der Waals surface area contributed by atoms with Crippen molar-refractivity contribution in [3.8, 4) is 0 Å². The van der Waals surface area contributed by atoms with Crippen molar-refractivity contribution in [2.24, 2.45) is 0 Å². The van der Waals surface area contributed by atoms with Crippen LogP contribution in [-0.2, 0) is 13.6 Å². The molecule has 0 heterocycles. The Balaban J connectivity index is 3.34. The largest absolute Gasteiger partial charge is 0.330 e. The summed E-state index contributed by atoms with van der Waals surface area (Å²) in [5, 5.41) is 0. The van der Waals surface area contributed by atoms with Crippen LogP contribution < -0.4 is 0 Å². The van der Waals surface area contributed by atoms with E-state index in [9.17, 15) is 4.57 Å². The van der Waals surface area contributed by atoms with Crippen LogP contribution in [0.25, 0.3) is 0 Å². The summed E-state index contributed by atoms with van der Waals surface area (Å²) in [5.41, 5.74) is 0. The van der Waals surface area contributed by atoms with Gasteiger partial charge in [0.25, 0.3) is 0 Å². The first kappa shape index (κ1) is 23.1. The Morgan fingerprint density at radius 1 is 0.565 bits per heavy atom. The summed E-state index contributed by atoms with van der Waals surface area (Å²) in [7, 11) is -2.80. The lowest BCUT2D eigenvalue weighted by atomic mass is 10.1. The second-order valence-electron chi connectivity index (χ2n) is 6.41. The van der Waals surface area contributed by atoms with Crippen LogP contribution in [0.2, 0.25) is 0 Å². The molecule has 4 heteroatoms. The summed E-state index contributed by atoms with van der Waals surface area (Å²) in [5.74, 6) is 0. The molecule has 3 nitrogen and oxygen atoms in total. The molecule has 0 fully saturated rings. The number of unbranched alkanes of at least 4 members (excludes halogenated alkanes) is 12. The van der Waals surface area contributed by atoms with Gasteiger partial charge in [-0.1, -0.05) is 84.0 Å². The van der Waals surface area contributed by atoms with Crippen molar-refractivity contribution in [1.82, 2.24) is 0 Å². The fraction of sp³-hybridized carbons (Fsp3) is 1.00. The van der Waals surface area contributed by atoms with E-state index in [4.69, 9.17) is 9.05 Å². The highest BCUT2D eigenvalue weighted by Gasteiger charge is 2.22. The summed E-state index contributed by atoms with van der Waals surface area (Å²) in [6.07, 6.45) is 17.8. The lowest BCUT2D eigenvalue weighted by Gasteiger charge is -2.16. The summed E-state index contributed by atoms with van der Waals surface area (Å²) in [6, 6.07) is 0. The van der Waals surface area contributed by atoms with Crippen molar-refractivity contribution < 1.29 is 13.6 Å². The Hall–Kier alpha value is 0.150. The van der Waals surface area contributed by atoms with Gasteiger partial charge in [-0.15, -0.1) is 0 Å². The third kappa shape index (κ3) is 15.4. The number of hydrogen-bond donors (Lipinski definition) is 0. The minimum absolute atomic E-state index is 0.468. The van der Waals surface area contributed by atoms with E-state index in [1.165, 1.54) is 70.6 Å². The second-order valence-corrected chi connectivity index (χ2v) is 8.60. The molecule has 0 radical (unpaired) electrons. The van der Waals surface area contributed by atoms with E-state index in [0.717, 1.165) is 12.8 Å². The van der Waals surface area contributed by atoms with Gasteiger partial charge in [-0.3, -0.25) is 4.57 Å². The van der Waals surface area contributed by atoms with Crippen LogP contribution in [0, 0.1) is 0 Å². The monoisotopic (exact) mass is 348 g/mol. The molecule has 0 aromatic rings. The molecule has 0 atom stereocenters. The van der Waals surface area contributed by atoms with E-state index < -0.39 is 7.60 Å². The minimum atomic E-state index is -2.80. The van der Waals surface area contributed by atoms with Gasteiger partial charge in [0.15, 0.2) is 0 Å². The SMILES string of the molecule is CCCCCCCCCCCCCCCP(=O)(OCC)OCC. The zero-order valence-corrected chi connectivity index (χ0v) is 16.9. The van der Waals surface area contributed by atoms with Gasteiger partial charge in [-0.05, 0) is 20.3 Å². The van der Waals surface area contributed by atoms with Crippen LogP contribution >= 0.6 is 7.60 Å². The first-order valence-electron chi connectivity index (χ1n) is 10.1. The molecule has 23 heavy (non-hydrogen) atoms. The number of rotatable bonds is 18. The molecular weight excluding hydrogens is 307 g/mol. The zero-order valence-electron chi connectivity index (χ0n) is 16.0. The molecule has 0 aromatic carbocycles. The van der Waals surface area contributed by atoms with E-state index in [1.807, 2.05) is 13.8 Å². The van der Waals surface area contributed by atoms with Gasteiger partial charge in [0.2, 0.25) is 0 Å². The molecule has 0 spiro atoms. The van der Waals surface area contributed by atoms with Crippen LogP contribution in [-0.4, -0.2) is 19.4 Å². The molecule has 0 saturated heterocycles. The van der Waals surface area contributed by atoms with Crippen LogP contribution in [0.15, 0.2) is 0 Å². The lowest BCUT2D eigenvalue weighted by Crippen LogP contribution is -2.00. The lowest BCUT2D eigenvalue weighted by molar-refractivity contribution is 0.219. The molecule has 140 valence electrons. The Morgan fingerprint density at radius 3 is 1.26 bits per heavy atom. The molecule has 0 N–H and O–H groups in total. The van der Waals surface area contributed by atoms with Crippen LogP contribution in [0.1, 0.15) is 104 Å². The highest BCUT2D eigenvalue weighted by Crippen LogP contribution is 2.48. The summed E-state index contributed by atoms with van der Waals surface area (Å²) in [4.78, 5) is 0. The zero-order chi connectivity index (χ0) is 17.2. The normalized spacial score (nSPS) is 12.0. The topological polar surface area (TPSA) is 35.5 Å². The molecule has 0 aliphatic carbocycles. The smallest absolute Gasteiger partial charge is 0.309 e. The molecule has 0 rings (SSSR count). The first-order valence-corrected chi connectivity index (χ1v) is 11.8. The predicted octanol–water partition coefficient (Wildman–Crippen LogP) is 7.34. The predicted molar refractivity (Wildman–Crippen MR) is 101 cm³/mol. The standard InChI is InChI=1S/C19H41O3P/c1-4-7-8-9-10-11-12-13-14-15-16-17-18-19-23(20,21-5-2)22-6-3/h4-19H2,1-3H3.